The number of alkyl carbamates (subject to hydrolysis) is 1. The third kappa shape index (κ3) is 4.63. The summed E-state index contributed by atoms with van der Waals surface area (Å²) in [7, 11) is 1.66. The Morgan fingerprint density at radius 1 is 1.38 bits per heavy atom. The second kappa shape index (κ2) is 8.53. The van der Waals surface area contributed by atoms with E-state index in [9.17, 15) is 9.90 Å². The normalized spacial score (nSPS) is 39.2. The van der Waals surface area contributed by atoms with Gasteiger partial charge in [0.1, 0.15) is 23.4 Å². The van der Waals surface area contributed by atoms with Crippen LogP contribution >= 0.6 is 0 Å². The van der Waals surface area contributed by atoms with Crippen LogP contribution in [0.25, 0.3) is 0 Å². The lowest BCUT2D eigenvalue weighted by atomic mass is 9.68. The van der Waals surface area contributed by atoms with Crippen molar-refractivity contribution in [3.8, 4) is 0 Å². The predicted octanol–water partition coefficient (Wildman–Crippen LogP) is 2.81. The molecule has 2 heterocycles. The summed E-state index contributed by atoms with van der Waals surface area (Å²) in [5.41, 5.74) is 0.679. The van der Waals surface area contributed by atoms with Gasteiger partial charge in [0.25, 0.3) is 0 Å². The Bertz CT molecular complexity index is 627. The first kappa shape index (κ1) is 22.5. The van der Waals surface area contributed by atoms with Crippen LogP contribution in [0.2, 0.25) is 0 Å². The summed E-state index contributed by atoms with van der Waals surface area (Å²) < 4.78 is 23.8. The van der Waals surface area contributed by atoms with Crippen LogP contribution in [0, 0.1) is 11.8 Å². The summed E-state index contributed by atoms with van der Waals surface area (Å²) in [6.45, 7) is 10.8. The van der Waals surface area contributed by atoms with E-state index in [0.29, 0.717) is 13.0 Å². The van der Waals surface area contributed by atoms with E-state index in [2.05, 4.69) is 32.2 Å². The molecular weight excluding hydrogens is 374 g/mol. The third-order valence-electron chi connectivity index (χ3n) is 6.80. The van der Waals surface area contributed by atoms with E-state index >= 15 is 0 Å². The Morgan fingerprint density at radius 3 is 2.59 bits per heavy atom. The highest BCUT2D eigenvalue weighted by atomic mass is 16.6. The number of methoxy groups -OCH3 is 1. The quantitative estimate of drug-likeness (QED) is 0.471. The molecule has 166 valence electrons. The summed E-state index contributed by atoms with van der Waals surface area (Å²) in [6.07, 6.45) is 3.48. The van der Waals surface area contributed by atoms with Crippen LogP contribution in [-0.2, 0) is 18.9 Å². The Hall–Kier alpha value is -1.15. The number of carbonyl (C=O) groups is 1. The minimum atomic E-state index is -0.515. The Balaban J connectivity index is 1.70. The number of nitrogens with one attached hydrogen (secondary N) is 1. The number of ether oxygens (including phenoxy) is 4. The van der Waals surface area contributed by atoms with Crippen molar-refractivity contribution < 1.29 is 28.8 Å². The Labute approximate surface area is 174 Å². The number of hydrogen-bond acceptors (Lipinski definition) is 6. The van der Waals surface area contributed by atoms with Gasteiger partial charge in [-0.2, -0.15) is 0 Å². The number of amides is 1. The molecule has 1 amide bonds. The number of aliphatic hydroxyl groups is 1. The van der Waals surface area contributed by atoms with Gasteiger partial charge in [0.05, 0.1) is 31.3 Å². The number of carbonyl (C=O) groups excluding carboxylic acids is 1. The molecule has 2 N–H and O–H groups in total. The maximum atomic E-state index is 12.5. The molecule has 0 unspecified atom stereocenters. The maximum absolute atomic E-state index is 12.5. The Morgan fingerprint density at radius 2 is 2.07 bits per heavy atom. The summed E-state index contributed by atoms with van der Waals surface area (Å²) in [5.74, 6) is 0.114. The van der Waals surface area contributed by atoms with Crippen LogP contribution in [0.4, 0.5) is 4.79 Å². The number of allylic oxidation sites excluding steroid dienone is 1. The highest BCUT2D eigenvalue weighted by molar-refractivity contribution is 5.68. The standard InChI is InChI=1S/C22H37NO6/c1-13(2)7-8-17-21(5,29-17)19-18(26-6)16(9-10-22(19)12-27-22)28-20(25)23-15(11-24)14(3)4/h7,14-19,24H,8-12H2,1-6H3,(H,23,25)/t15-,16+,17+,18+,19-,21-,22-/m0/s1. The van der Waals surface area contributed by atoms with Crippen LogP contribution in [-0.4, -0.2) is 67.1 Å². The van der Waals surface area contributed by atoms with E-state index in [1.165, 1.54) is 5.57 Å². The van der Waals surface area contributed by atoms with Gasteiger partial charge in [0.15, 0.2) is 0 Å². The van der Waals surface area contributed by atoms with E-state index in [0.717, 1.165) is 12.8 Å². The third-order valence-corrected chi connectivity index (χ3v) is 6.80. The molecule has 0 aromatic carbocycles. The molecule has 7 nitrogen and oxygen atoms in total. The maximum Gasteiger partial charge on any atom is 0.407 e. The molecule has 1 spiro atoms. The fraction of sp³-hybridized carbons (Fsp3) is 0.864. The lowest BCUT2D eigenvalue weighted by Gasteiger charge is -2.42. The smallest absolute Gasteiger partial charge is 0.407 e. The van der Waals surface area contributed by atoms with Gasteiger partial charge in [-0.25, -0.2) is 4.79 Å². The average molecular weight is 412 g/mol. The van der Waals surface area contributed by atoms with E-state index in [4.69, 9.17) is 18.9 Å². The topological polar surface area (TPSA) is 92.9 Å². The van der Waals surface area contributed by atoms with Crippen LogP contribution in [0.5, 0.6) is 0 Å². The lowest BCUT2D eigenvalue weighted by Crippen LogP contribution is -2.56. The minimum absolute atomic E-state index is 0.000787. The van der Waals surface area contributed by atoms with Crippen LogP contribution in [0.3, 0.4) is 0 Å². The van der Waals surface area contributed by atoms with Gasteiger partial charge < -0.3 is 29.4 Å². The van der Waals surface area contributed by atoms with E-state index < -0.39 is 6.09 Å². The zero-order chi connectivity index (χ0) is 21.4. The molecule has 2 saturated heterocycles. The molecule has 7 atom stereocenters. The van der Waals surface area contributed by atoms with Gasteiger partial charge in [-0.1, -0.05) is 25.5 Å². The van der Waals surface area contributed by atoms with Gasteiger partial charge in [0.2, 0.25) is 0 Å². The highest BCUT2D eigenvalue weighted by Crippen LogP contribution is 2.59. The van der Waals surface area contributed by atoms with Crippen LogP contribution in [0.1, 0.15) is 53.9 Å². The summed E-state index contributed by atoms with van der Waals surface area (Å²) >= 11 is 0. The zero-order valence-electron chi connectivity index (χ0n) is 18.6. The van der Waals surface area contributed by atoms with Crippen molar-refractivity contribution in [2.24, 2.45) is 11.8 Å². The van der Waals surface area contributed by atoms with Crippen molar-refractivity contribution in [1.29, 1.82) is 0 Å². The molecule has 29 heavy (non-hydrogen) atoms. The number of epoxide rings is 2. The zero-order valence-corrected chi connectivity index (χ0v) is 18.6. The molecule has 1 aliphatic carbocycles. The summed E-state index contributed by atoms with van der Waals surface area (Å²) in [4.78, 5) is 12.5. The molecule has 2 aliphatic heterocycles. The molecule has 0 aromatic rings. The van der Waals surface area contributed by atoms with Crippen molar-refractivity contribution in [1.82, 2.24) is 5.32 Å². The summed E-state index contributed by atoms with van der Waals surface area (Å²) in [6, 6.07) is -0.335. The molecule has 7 heteroatoms. The first-order valence-electron chi connectivity index (χ1n) is 10.7. The average Bonchev–Trinajstić information content (AvgIpc) is 3.57. The molecule has 3 aliphatic rings. The van der Waals surface area contributed by atoms with Gasteiger partial charge in [-0.15, -0.1) is 0 Å². The van der Waals surface area contributed by atoms with Gasteiger partial charge in [-0.3, -0.25) is 0 Å². The van der Waals surface area contributed by atoms with Crippen molar-refractivity contribution in [3.63, 3.8) is 0 Å². The lowest BCUT2D eigenvalue weighted by molar-refractivity contribution is -0.118. The van der Waals surface area contributed by atoms with E-state index in [1.54, 1.807) is 7.11 Å². The fourth-order valence-electron chi connectivity index (χ4n) is 4.82. The second-order valence-electron chi connectivity index (χ2n) is 9.50. The van der Waals surface area contributed by atoms with Crippen molar-refractivity contribution in [3.05, 3.63) is 11.6 Å². The van der Waals surface area contributed by atoms with Gasteiger partial charge in [-0.05, 0) is 46.0 Å². The molecule has 0 aromatic heterocycles. The number of rotatable bonds is 8. The van der Waals surface area contributed by atoms with Gasteiger partial charge in [0, 0.05) is 7.11 Å². The second-order valence-corrected chi connectivity index (χ2v) is 9.50. The minimum Gasteiger partial charge on any atom is -0.443 e. The highest BCUT2D eigenvalue weighted by Gasteiger charge is 2.72. The van der Waals surface area contributed by atoms with E-state index in [1.807, 2.05) is 13.8 Å². The van der Waals surface area contributed by atoms with Crippen molar-refractivity contribution in [2.75, 3.05) is 20.3 Å². The SMILES string of the molecule is CO[C@H]1[C@@H]([C@@]2(C)O[C@@H]2CC=C(C)C)[C@]2(CC[C@H]1OC(=O)N[C@@H](CO)C(C)C)CO2. The predicted molar refractivity (Wildman–Crippen MR) is 109 cm³/mol. The molecule has 3 rings (SSSR count). The summed E-state index contributed by atoms with van der Waals surface area (Å²) in [5, 5.41) is 12.2. The van der Waals surface area contributed by atoms with Crippen molar-refractivity contribution in [2.45, 2.75) is 89.4 Å². The monoisotopic (exact) mass is 411 g/mol. The molecule has 0 radical (unpaired) electrons. The largest absolute Gasteiger partial charge is 0.443 e. The molecular formula is C22H37NO6. The van der Waals surface area contributed by atoms with E-state index in [-0.39, 0.29) is 54.0 Å². The molecule has 1 saturated carbocycles. The first-order chi connectivity index (χ1) is 13.7. The Kier molecular flexibility index (Phi) is 6.63. The van der Waals surface area contributed by atoms with Gasteiger partial charge >= 0.3 is 6.09 Å². The molecule has 0 bridgehead atoms. The fourth-order valence-corrected chi connectivity index (χ4v) is 4.82. The first-order valence-corrected chi connectivity index (χ1v) is 10.7. The number of hydrogen-bond donors (Lipinski definition) is 2. The number of aliphatic hydroxyl groups excluding tert-OH is 1. The molecule has 3 fully saturated rings. The van der Waals surface area contributed by atoms with Crippen LogP contribution in [0.15, 0.2) is 11.6 Å². The van der Waals surface area contributed by atoms with Crippen LogP contribution < -0.4 is 5.32 Å². The van der Waals surface area contributed by atoms with Crippen molar-refractivity contribution >= 4 is 6.09 Å².